The molecular formula is C29H33FN2O3. The van der Waals surface area contributed by atoms with Gasteiger partial charge in [-0.1, -0.05) is 61.5 Å². The van der Waals surface area contributed by atoms with Gasteiger partial charge in [0.1, 0.15) is 17.6 Å². The van der Waals surface area contributed by atoms with Crippen molar-refractivity contribution in [3.63, 3.8) is 0 Å². The highest BCUT2D eigenvalue weighted by Crippen LogP contribution is 2.18. The van der Waals surface area contributed by atoms with Gasteiger partial charge in [0.2, 0.25) is 11.8 Å². The van der Waals surface area contributed by atoms with Gasteiger partial charge in [-0.05, 0) is 54.3 Å². The number of benzene rings is 3. The van der Waals surface area contributed by atoms with Crippen molar-refractivity contribution in [3.8, 4) is 5.75 Å². The molecule has 0 radical (unpaired) electrons. The fraction of sp³-hybridized carbons (Fsp3) is 0.310. The highest BCUT2D eigenvalue weighted by molar-refractivity contribution is 5.89. The molecule has 5 nitrogen and oxygen atoms in total. The van der Waals surface area contributed by atoms with Crippen LogP contribution in [0.1, 0.15) is 37.0 Å². The fourth-order valence-electron chi connectivity index (χ4n) is 3.80. The Morgan fingerprint density at radius 2 is 1.54 bits per heavy atom. The first-order chi connectivity index (χ1) is 16.9. The standard InChI is InChI=1S/C29H33FN2O3/c1-4-21(2)31-29(34)27(18-22-8-6-5-7-9-22)32(20-24-10-14-25(30)15-11-24)28(33)19-23-12-16-26(35-3)17-13-23/h5-17,21,27H,4,18-20H2,1-3H3,(H,31,34)/t21-,27-/m1/s1. The molecule has 0 aromatic heterocycles. The zero-order valence-corrected chi connectivity index (χ0v) is 20.5. The molecule has 0 saturated carbocycles. The molecular weight excluding hydrogens is 443 g/mol. The van der Waals surface area contributed by atoms with Crippen LogP contribution in [0.4, 0.5) is 4.39 Å². The van der Waals surface area contributed by atoms with Crippen LogP contribution in [0.15, 0.2) is 78.9 Å². The zero-order valence-electron chi connectivity index (χ0n) is 20.5. The van der Waals surface area contributed by atoms with E-state index in [4.69, 9.17) is 4.74 Å². The third-order valence-electron chi connectivity index (χ3n) is 6.05. The van der Waals surface area contributed by atoms with E-state index in [9.17, 15) is 14.0 Å². The molecule has 0 unspecified atom stereocenters. The monoisotopic (exact) mass is 476 g/mol. The number of amides is 2. The average Bonchev–Trinajstić information content (AvgIpc) is 2.88. The lowest BCUT2D eigenvalue weighted by molar-refractivity contribution is -0.141. The van der Waals surface area contributed by atoms with E-state index < -0.39 is 6.04 Å². The lowest BCUT2D eigenvalue weighted by Crippen LogP contribution is -2.52. The minimum atomic E-state index is -0.720. The average molecular weight is 477 g/mol. The second-order valence-corrected chi connectivity index (χ2v) is 8.70. The maximum absolute atomic E-state index is 13.7. The lowest BCUT2D eigenvalue weighted by Gasteiger charge is -2.32. The third kappa shape index (κ3) is 7.67. The SMILES string of the molecule is CC[C@@H](C)NC(=O)[C@@H](Cc1ccccc1)N(Cc1ccc(F)cc1)C(=O)Cc1ccc(OC)cc1. The van der Waals surface area contributed by atoms with Crippen LogP contribution in [-0.2, 0) is 29.0 Å². The van der Waals surface area contributed by atoms with E-state index in [0.717, 1.165) is 23.1 Å². The molecule has 0 aliphatic rings. The minimum absolute atomic E-state index is 0.0230. The largest absolute Gasteiger partial charge is 0.497 e. The van der Waals surface area contributed by atoms with E-state index in [2.05, 4.69) is 5.32 Å². The van der Waals surface area contributed by atoms with E-state index in [1.165, 1.54) is 12.1 Å². The summed E-state index contributed by atoms with van der Waals surface area (Å²) >= 11 is 0. The molecule has 0 bridgehead atoms. The zero-order chi connectivity index (χ0) is 25.2. The van der Waals surface area contributed by atoms with Gasteiger partial charge in [0.25, 0.3) is 0 Å². The molecule has 0 heterocycles. The summed E-state index contributed by atoms with van der Waals surface area (Å²) in [6.07, 6.45) is 1.29. The van der Waals surface area contributed by atoms with Crippen LogP contribution in [0, 0.1) is 5.82 Å². The Morgan fingerprint density at radius 1 is 0.914 bits per heavy atom. The second kappa shape index (κ2) is 12.7. The van der Waals surface area contributed by atoms with Gasteiger partial charge in [-0.15, -0.1) is 0 Å². The van der Waals surface area contributed by atoms with Gasteiger partial charge >= 0.3 is 0 Å². The number of hydrogen-bond donors (Lipinski definition) is 1. The number of carbonyl (C=O) groups is 2. The summed E-state index contributed by atoms with van der Waals surface area (Å²) < 4.78 is 18.7. The number of nitrogens with zero attached hydrogens (tertiary/aromatic N) is 1. The van der Waals surface area contributed by atoms with Gasteiger partial charge in [0.05, 0.1) is 13.5 Å². The van der Waals surface area contributed by atoms with Gasteiger partial charge in [-0.25, -0.2) is 4.39 Å². The van der Waals surface area contributed by atoms with Crippen LogP contribution in [0.5, 0.6) is 5.75 Å². The minimum Gasteiger partial charge on any atom is -0.497 e. The fourth-order valence-corrected chi connectivity index (χ4v) is 3.80. The van der Waals surface area contributed by atoms with Crippen molar-refractivity contribution in [1.82, 2.24) is 10.2 Å². The number of ether oxygens (including phenoxy) is 1. The van der Waals surface area contributed by atoms with Crippen molar-refractivity contribution in [1.29, 1.82) is 0 Å². The van der Waals surface area contributed by atoms with Gasteiger partial charge < -0.3 is 15.0 Å². The number of methoxy groups -OCH3 is 1. The Balaban J connectivity index is 1.94. The van der Waals surface area contributed by atoms with E-state index in [-0.39, 0.29) is 36.6 Å². The maximum atomic E-state index is 13.7. The molecule has 3 aromatic carbocycles. The Bertz CT molecular complexity index is 1090. The van der Waals surface area contributed by atoms with Crippen LogP contribution in [-0.4, -0.2) is 35.9 Å². The molecule has 0 spiro atoms. The summed E-state index contributed by atoms with van der Waals surface area (Å²) in [6, 6.07) is 22.3. The number of nitrogens with one attached hydrogen (secondary N) is 1. The summed E-state index contributed by atoms with van der Waals surface area (Å²) in [5.41, 5.74) is 2.53. The summed E-state index contributed by atoms with van der Waals surface area (Å²) in [6.45, 7) is 4.14. The molecule has 6 heteroatoms. The van der Waals surface area contributed by atoms with E-state index in [0.29, 0.717) is 12.2 Å². The molecule has 184 valence electrons. The highest BCUT2D eigenvalue weighted by Gasteiger charge is 2.31. The Kier molecular flexibility index (Phi) is 9.41. The van der Waals surface area contributed by atoms with Crippen LogP contribution >= 0.6 is 0 Å². The quantitative estimate of drug-likeness (QED) is 0.427. The molecule has 2 amide bonds. The first kappa shape index (κ1) is 25.9. The highest BCUT2D eigenvalue weighted by atomic mass is 19.1. The van der Waals surface area contributed by atoms with Gasteiger partial charge in [-0.2, -0.15) is 0 Å². The van der Waals surface area contributed by atoms with Crippen molar-refractivity contribution >= 4 is 11.8 Å². The van der Waals surface area contributed by atoms with E-state index in [1.807, 2.05) is 68.4 Å². The molecule has 0 aliphatic carbocycles. The Hall–Kier alpha value is -3.67. The van der Waals surface area contributed by atoms with Crippen molar-refractivity contribution < 1.29 is 18.7 Å². The third-order valence-corrected chi connectivity index (χ3v) is 6.05. The molecule has 0 aliphatic heterocycles. The predicted octanol–water partition coefficient (Wildman–Crippen LogP) is 4.93. The molecule has 0 saturated heterocycles. The number of carbonyl (C=O) groups excluding carboxylic acids is 2. The van der Waals surface area contributed by atoms with Gasteiger partial charge in [0.15, 0.2) is 0 Å². The predicted molar refractivity (Wildman–Crippen MR) is 135 cm³/mol. The summed E-state index contributed by atoms with van der Waals surface area (Å²) in [4.78, 5) is 28.7. The van der Waals surface area contributed by atoms with Crippen molar-refractivity contribution in [2.45, 2.75) is 51.7 Å². The summed E-state index contributed by atoms with van der Waals surface area (Å²) in [5, 5.41) is 3.05. The molecule has 3 rings (SSSR count). The second-order valence-electron chi connectivity index (χ2n) is 8.70. The normalized spacial score (nSPS) is 12.5. The van der Waals surface area contributed by atoms with E-state index >= 15 is 0 Å². The first-order valence-corrected chi connectivity index (χ1v) is 11.9. The number of rotatable bonds is 11. The maximum Gasteiger partial charge on any atom is 0.243 e. The van der Waals surface area contributed by atoms with Crippen LogP contribution in [0.3, 0.4) is 0 Å². The van der Waals surface area contributed by atoms with Crippen LogP contribution < -0.4 is 10.1 Å². The Morgan fingerprint density at radius 3 is 2.14 bits per heavy atom. The van der Waals surface area contributed by atoms with Crippen molar-refractivity contribution in [3.05, 3.63) is 101 Å². The summed E-state index contributed by atoms with van der Waals surface area (Å²) in [7, 11) is 1.59. The molecule has 3 aromatic rings. The number of halogens is 1. The van der Waals surface area contributed by atoms with Crippen LogP contribution in [0.25, 0.3) is 0 Å². The smallest absolute Gasteiger partial charge is 0.243 e. The topological polar surface area (TPSA) is 58.6 Å². The molecule has 2 atom stereocenters. The molecule has 0 fully saturated rings. The van der Waals surface area contributed by atoms with E-state index in [1.54, 1.807) is 24.1 Å². The van der Waals surface area contributed by atoms with Gasteiger partial charge in [-0.3, -0.25) is 9.59 Å². The van der Waals surface area contributed by atoms with Gasteiger partial charge in [0, 0.05) is 19.0 Å². The first-order valence-electron chi connectivity index (χ1n) is 11.9. The molecule has 35 heavy (non-hydrogen) atoms. The number of hydrogen-bond acceptors (Lipinski definition) is 3. The lowest BCUT2D eigenvalue weighted by atomic mass is 10.0. The summed E-state index contributed by atoms with van der Waals surface area (Å²) in [5.74, 6) is -0.0208. The Labute approximate surface area is 206 Å². The molecule has 1 N–H and O–H groups in total. The van der Waals surface area contributed by atoms with Crippen LogP contribution in [0.2, 0.25) is 0 Å². The van der Waals surface area contributed by atoms with Crippen molar-refractivity contribution in [2.24, 2.45) is 0 Å². The van der Waals surface area contributed by atoms with Crippen molar-refractivity contribution in [2.75, 3.05) is 7.11 Å².